The summed E-state index contributed by atoms with van der Waals surface area (Å²) < 4.78 is 0. The average Bonchev–Trinajstić information content (AvgIpc) is 2.95. The molecule has 8 atom stereocenters. The first-order chi connectivity index (χ1) is 10.4. The molecule has 110 valence electrons. The number of hydrogen-bond donors (Lipinski definition) is 0. The predicted molar refractivity (Wildman–Crippen MR) is 87.1 cm³/mol. The molecule has 0 bridgehead atoms. The van der Waals surface area contributed by atoms with E-state index in [-0.39, 0.29) is 26.2 Å². The van der Waals surface area contributed by atoms with E-state index < -0.39 is 0 Å². The van der Waals surface area contributed by atoms with Gasteiger partial charge in [0.05, 0.1) is 0 Å². The van der Waals surface area contributed by atoms with Crippen molar-refractivity contribution in [3.05, 3.63) is 79.3 Å². The molecule has 0 aromatic rings. The first-order valence-electron chi connectivity index (χ1n) is 8.33. The van der Waals surface area contributed by atoms with E-state index >= 15 is 0 Å². The van der Waals surface area contributed by atoms with Gasteiger partial charge >= 0.3 is 0 Å². The number of rotatable bonds is 0. The Morgan fingerprint density at radius 1 is 0.500 bits per heavy atom. The van der Waals surface area contributed by atoms with Crippen molar-refractivity contribution in [2.75, 3.05) is 0 Å². The van der Waals surface area contributed by atoms with E-state index in [1.165, 1.54) is 0 Å². The number of allylic oxidation sites excluding steroid dienone is 12. The van der Waals surface area contributed by atoms with Crippen molar-refractivity contribution in [2.45, 2.75) is 0 Å². The fourth-order valence-corrected chi connectivity index (χ4v) is 5.58. The van der Waals surface area contributed by atoms with Gasteiger partial charge in [-0.15, -0.1) is 12.0 Å². The summed E-state index contributed by atoms with van der Waals surface area (Å²) in [7, 11) is 0. The summed E-state index contributed by atoms with van der Waals surface area (Å²) >= 11 is 0. The van der Waals surface area contributed by atoms with Crippen molar-refractivity contribution in [2.24, 2.45) is 47.3 Å². The van der Waals surface area contributed by atoms with Crippen molar-refractivity contribution in [1.82, 2.24) is 0 Å². The number of fused-ring (bicyclic) bond motifs is 8. The molecule has 0 radical (unpaired) electrons. The van der Waals surface area contributed by atoms with Gasteiger partial charge in [0.2, 0.25) is 0 Å². The first-order valence-corrected chi connectivity index (χ1v) is 8.33. The fraction of sp³-hybridized carbons (Fsp3) is 0.381. The van der Waals surface area contributed by atoms with Gasteiger partial charge in [-0.25, -0.2) is 0 Å². The van der Waals surface area contributed by atoms with E-state index in [0.29, 0.717) is 35.5 Å². The molecule has 0 nitrogen and oxygen atoms in total. The van der Waals surface area contributed by atoms with Gasteiger partial charge in [-0.2, -0.15) is 5.92 Å². The van der Waals surface area contributed by atoms with Crippen LogP contribution in [-0.2, 0) is 26.2 Å². The molecule has 0 heterocycles. The van der Waals surface area contributed by atoms with Crippen molar-refractivity contribution in [1.29, 1.82) is 0 Å². The Balaban J connectivity index is 0.00000125. The van der Waals surface area contributed by atoms with Crippen LogP contribution in [0.4, 0.5) is 0 Å². The Labute approximate surface area is 152 Å². The van der Waals surface area contributed by atoms with Crippen LogP contribution in [0.3, 0.4) is 0 Å². The topological polar surface area (TPSA) is 0 Å². The molecule has 5 aliphatic rings. The fourth-order valence-electron chi connectivity index (χ4n) is 5.58. The zero-order valence-corrected chi connectivity index (χ0v) is 15.1. The standard InChI is InChI=1S/C21H21.Zr/c1-2-8-15-14(7-1)13-20-18-11-4-3-9-16(18)17-10-5-6-12-19(17)21(15)20;/h1-21H;/q-1;. The maximum Gasteiger partial charge on any atom is 0 e. The molecule has 2 saturated carbocycles. The van der Waals surface area contributed by atoms with Crippen LogP contribution < -0.4 is 0 Å². The third-order valence-corrected chi connectivity index (χ3v) is 6.33. The molecular weight excluding hydrogens is 343 g/mol. The quantitative estimate of drug-likeness (QED) is 0.554. The van der Waals surface area contributed by atoms with E-state index in [9.17, 15) is 0 Å². The molecule has 0 aromatic heterocycles. The second kappa shape index (κ2) is 5.75. The third kappa shape index (κ3) is 2.05. The normalized spacial score (nSPS) is 49.1. The molecule has 22 heavy (non-hydrogen) atoms. The minimum atomic E-state index is 0. The Hall–Kier alpha value is -0.677. The van der Waals surface area contributed by atoms with Crippen LogP contribution in [0.15, 0.2) is 72.9 Å². The Kier molecular flexibility index (Phi) is 3.89. The molecule has 5 rings (SSSR count). The van der Waals surface area contributed by atoms with Gasteiger partial charge in [-0.05, 0) is 29.6 Å². The second-order valence-corrected chi connectivity index (χ2v) is 7.12. The first kappa shape index (κ1) is 14.9. The smallest absolute Gasteiger partial charge is 0 e. The van der Waals surface area contributed by atoms with Crippen molar-refractivity contribution >= 4 is 0 Å². The van der Waals surface area contributed by atoms with E-state index in [1.54, 1.807) is 0 Å². The second-order valence-electron chi connectivity index (χ2n) is 7.12. The minimum absolute atomic E-state index is 0. The van der Waals surface area contributed by atoms with E-state index in [0.717, 1.165) is 11.8 Å². The molecular formula is C21H21Zr-. The Morgan fingerprint density at radius 3 is 1.73 bits per heavy atom. The van der Waals surface area contributed by atoms with Gasteiger partial charge in [-0.1, -0.05) is 72.8 Å². The summed E-state index contributed by atoms with van der Waals surface area (Å²) in [4.78, 5) is 0. The summed E-state index contributed by atoms with van der Waals surface area (Å²) in [6.45, 7) is 0. The van der Waals surface area contributed by atoms with Crippen LogP contribution in [-0.4, -0.2) is 0 Å². The summed E-state index contributed by atoms with van der Waals surface area (Å²) in [6, 6.07) is 0. The maximum atomic E-state index is 2.67. The Bertz CT molecular complexity index is 618. The molecule has 0 N–H and O–H groups in total. The van der Waals surface area contributed by atoms with Crippen LogP contribution in [0.25, 0.3) is 0 Å². The predicted octanol–water partition coefficient (Wildman–Crippen LogP) is 4.52. The van der Waals surface area contributed by atoms with E-state index in [2.05, 4.69) is 79.3 Å². The summed E-state index contributed by atoms with van der Waals surface area (Å²) in [5, 5.41) is 0. The van der Waals surface area contributed by atoms with Crippen LogP contribution >= 0.6 is 0 Å². The zero-order chi connectivity index (χ0) is 13.8. The number of hydrogen-bond acceptors (Lipinski definition) is 0. The van der Waals surface area contributed by atoms with Crippen molar-refractivity contribution < 1.29 is 26.2 Å². The van der Waals surface area contributed by atoms with Crippen LogP contribution in [0.2, 0.25) is 0 Å². The van der Waals surface area contributed by atoms with E-state index in [4.69, 9.17) is 0 Å². The van der Waals surface area contributed by atoms with Gasteiger partial charge in [0.1, 0.15) is 0 Å². The van der Waals surface area contributed by atoms with Gasteiger partial charge in [0, 0.05) is 26.2 Å². The molecule has 0 amide bonds. The molecule has 1 heteroatoms. The van der Waals surface area contributed by atoms with Crippen molar-refractivity contribution in [3.63, 3.8) is 0 Å². The van der Waals surface area contributed by atoms with E-state index in [1.807, 2.05) is 0 Å². The molecule has 8 unspecified atom stereocenters. The van der Waals surface area contributed by atoms with Gasteiger partial charge in [0.15, 0.2) is 0 Å². The zero-order valence-electron chi connectivity index (χ0n) is 12.6. The minimum Gasteiger partial charge on any atom is -0.317 e. The molecule has 0 aliphatic heterocycles. The third-order valence-electron chi connectivity index (χ3n) is 6.33. The largest absolute Gasteiger partial charge is 0.317 e. The molecule has 0 spiro atoms. The molecule has 2 fully saturated rings. The average molecular weight is 365 g/mol. The molecule has 5 aliphatic carbocycles. The van der Waals surface area contributed by atoms with Crippen LogP contribution in [0.5, 0.6) is 0 Å². The molecule has 0 aromatic carbocycles. The van der Waals surface area contributed by atoms with Crippen LogP contribution in [0.1, 0.15) is 0 Å². The van der Waals surface area contributed by atoms with Crippen molar-refractivity contribution in [3.8, 4) is 0 Å². The summed E-state index contributed by atoms with van der Waals surface area (Å²) in [6.07, 6.45) is 31.0. The van der Waals surface area contributed by atoms with Crippen LogP contribution in [0, 0.1) is 53.8 Å². The summed E-state index contributed by atoms with van der Waals surface area (Å²) in [5.41, 5.74) is 0. The van der Waals surface area contributed by atoms with Gasteiger partial charge in [-0.3, -0.25) is 0 Å². The Morgan fingerprint density at radius 2 is 1.00 bits per heavy atom. The maximum absolute atomic E-state index is 2.67. The SMILES string of the molecule is C1=CC2[CH-]C3C4C=CC=CC4C4C=CC=CC4C3C2C=C1.[Zr]. The van der Waals surface area contributed by atoms with Gasteiger partial charge in [0.25, 0.3) is 0 Å². The monoisotopic (exact) mass is 363 g/mol. The molecule has 0 saturated heterocycles. The summed E-state index contributed by atoms with van der Waals surface area (Å²) in [5.74, 6) is 5.66. The van der Waals surface area contributed by atoms with Gasteiger partial charge < -0.3 is 6.42 Å².